The van der Waals surface area contributed by atoms with E-state index < -0.39 is 5.60 Å². The van der Waals surface area contributed by atoms with Gasteiger partial charge in [0.05, 0.1) is 14.2 Å². The van der Waals surface area contributed by atoms with Crippen LogP contribution in [-0.4, -0.2) is 68.4 Å². The lowest BCUT2D eigenvalue weighted by molar-refractivity contribution is 0.0253. The van der Waals surface area contributed by atoms with Crippen LogP contribution in [0.15, 0.2) is 18.2 Å². The number of nitrogens with one attached hydrogen (secondary N) is 1. The summed E-state index contributed by atoms with van der Waals surface area (Å²) in [6, 6.07) is 5.07. The molecule has 1 unspecified atom stereocenters. The average Bonchev–Trinajstić information content (AvgIpc) is 2.66. The molecule has 1 aliphatic rings. The van der Waals surface area contributed by atoms with Crippen LogP contribution in [0.4, 0.5) is 15.3 Å². The van der Waals surface area contributed by atoms with Gasteiger partial charge < -0.3 is 29.3 Å². The zero-order chi connectivity index (χ0) is 21.6. The molecule has 0 radical (unpaired) electrons. The number of hydrogen-bond acceptors (Lipinski definition) is 5. The summed E-state index contributed by atoms with van der Waals surface area (Å²) in [4.78, 5) is 28.3. The van der Waals surface area contributed by atoms with Gasteiger partial charge in [-0.25, -0.2) is 9.59 Å². The fourth-order valence-electron chi connectivity index (χ4n) is 3.28. The number of likely N-dealkylation sites (tertiary alicyclic amines) is 1. The second-order valence-electron chi connectivity index (χ2n) is 8.35. The van der Waals surface area contributed by atoms with E-state index in [1.54, 1.807) is 49.3 Å². The van der Waals surface area contributed by atoms with E-state index in [2.05, 4.69) is 5.32 Å². The highest BCUT2D eigenvalue weighted by Crippen LogP contribution is 2.26. The van der Waals surface area contributed by atoms with Gasteiger partial charge in [0.15, 0.2) is 0 Å². The fourth-order valence-corrected chi connectivity index (χ4v) is 3.28. The molecule has 0 aliphatic carbocycles. The van der Waals surface area contributed by atoms with Crippen LogP contribution in [0.5, 0.6) is 11.5 Å². The van der Waals surface area contributed by atoms with Gasteiger partial charge in [-0.1, -0.05) is 0 Å². The van der Waals surface area contributed by atoms with Gasteiger partial charge in [0.1, 0.15) is 17.1 Å². The molecule has 0 saturated carbocycles. The van der Waals surface area contributed by atoms with E-state index in [4.69, 9.17) is 14.2 Å². The summed E-state index contributed by atoms with van der Waals surface area (Å²) in [6.07, 6.45) is 1.51. The maximum absolute atomic E-state index is 12.7. The first-order chi connectivity index (χ1) is 13.6. The smallest absolute Gasteiger partial charge is 0.410 e. The Hall–Kier alpha value is -2.64. The Morgan fingerprint density at radius 1 is 1.17 bits per heavy atom. The highest BCUT2D eigenvalue weighted by molar-refractivity contribution is 5.90. The van der Waals surface area contributed by atoms with Crippen molar-refractivity contribution in [1.82, 2.24) is 9.80 Å². The van der Waals surface area contributed by atoms with Gasteiger partial charge >= 0.3 is 12.1 Å². The topological polar surface area (TPSA) is 80.3 Å². The molecule has 8 nitrogen and oxygen atoms in total. The number of ether oxygens (including phenoxy) is 3. The Kier molecular flexibility index (Phi) is 7.59. The highest BCUT2D eigenvalue weighted by Gasteiger charge is 2.27. The number of urea groups is 1. The van der Waals surface area contributed by atoms with Crippen molar-refractivity contribution < 1.29 is 23.8 Å². The Bertz CT molecular complexity index is 695. The van der Waals surface area contributed by atoms with E-state index in [0.717, 1.165) is 12.8 Å². The second-order valence-corrected chi connectivity index (χ2v) is 8.35. The number of carbonyl (C=O) groups is 2. The number of rotatable bonds is 5. The third kappa shape index (κ3) is 7.03. The number of nitrogens with zero attached hydrogens (tertiary/aromatic N) is 2. The van der Waals surface area contributed by atoms with Crippen molar-refractivity contribution in [3.63, 3.8) is 0 Å². The number of benzene rings is 1. The molecular weight excluding hydrogens is 374 g/mol. The van der Waals surface area contributed by atoms with Crippen LogP contribution in [0.3, 0.4) is 0 Å². The molecule has 3 amide bonds. The van der Waals surface area contributed by atoms with Crippen LogP contribution in [-0.2, 0) is 4.74 Å². The normalized spacial score (nSPS) is 16.8. The third-order valence-electron chi connectivity index (χ3n) is 4.65. The van der Waals surface area contributed by atoms with Gasteiger partial charge in [-0.3, -0.25) is 0 Å². The number of anilines is 1. The van der Waals surface area contributed by atoms with E-state index in [1.807, 2.05) is 20.8 Å². The maximum atomic E-state index is 12.7. The van der Waals surface area contributed by atoms with Crippen molar-refractivity contribution in [2.75, 3.05) is 46.2 Å². The number of piperidine rings is 1. The Balaban J connectivity index is 1.94. The second kappa shape index (κ2) is 9.71. The molecule has 1 heterocycles. The first kappa shape index (κ1) is 22.6. The molecule has 1 saturated heterocycles. The Labute approximate surface area is 173 Å². The largest absolute Gasteiger partial charge is 0.497 e. The van der Waals surface area contributed by atoms with E-state index in [-0.39, 0.29) is 18.0 Å². The minimum Gasteiger partial charge on any atom is -0.497 e. The van der Waals surface area contributed by atoms with Gasteiger partial charge in [-0.15, -0.1) is 0 Å². The molecule has 0 aromatic heterocycles. The average molecular weight is 408 g/mol. The summed E-state index contributed by atoms with van der Waals surface area (Å²) in [5.74, 6) is 1.41. The minimum absolute atomic E-state index is 0.176. The molecule has 0 bridgehead atoms. The van der Waals surface area contributed by atoms with Crippen molar-refractivity contribution in [1.29, 1.82) is 0 Å². The zero-order valence-electron chi connectivity index (χ0n) is 18.3. The minimum atomic E-state index is -0.526. The van der Waals surface area contributed by atoms with Crippen LogP contribution < -0.4 is 14.8 Å². The number of amides is 3. The van der Waals surface area contributed by atoms with Gasteiger partial charge in [-0.2, -0.15) is 0 Å². The highest BCUT2D eigenvalue weighted by atomic mass is 16.6. The molecule has 1 fully saturated rings. The maximum Gasteiger partial charge on any atom is 0.410 e. The fraction of sp³-hybridized carbons (Fsp3) is 0.619. The lowest BCUT2D eigenvalue weighted by atomic mass is 9.98. The molecule has 1 atom stereocenters. The molecule has 1 aliphatic heterocycles. The molecular formula is C21H33N3O5. The lowest BCUT2D eigenvalue weighted by Crippen LogP contribution is -2.46. The van der Waals surface area contributed by atoms with Crippen molar-refractivity contribution in [3.05, 3.63) is 18.2 Å². The molecule has 1 N–H and O–H groups in total. The predicted octanol–water partition coefficient (Wildman–Crippen LogP) is 3.81. The molecule has 2 rings (SSSR count). The Morgan fingerprint density at radius 2 is 1.79 bits per heavy atom. The van der Waals surface area contributed by atoms with E-state index >= 15 is 0 Å². The van der Waals surface area contributed by atoms with Crippen molar-refractivity contribution in [2.45, 2.75) is 39.2 Å². The zero-order valence-corrected chi connectivity index (χ0v) is 18.3. The molecule has 0 spiro atoms. The number of hydrogen-bond donors (Lipinski definition) is 1. The van der Waals surface area contributed by atoms with Gasteiger partial charge in [0.25, 0.3) is 0 Å². The summed E-state index contributed by atoms with van der Waals surface area (Å²) in [7, 11) is 4.86. The van der Waals surface area contributed by atoms with E-state index in [0.29, 0.717) is 36.8 Å². The number of carbonyl (C=O) groups excluding carboxylic acids is 2. The SMILES string of the molecule is COc1cc(NC(=O)N2CCCC(CN(C)C(=O)OC(C)(C)C)C2)cc(OC)c1. The van der Waals surface area contributed by atoms with Crippen molar-refractivity contribution >= 4 is 17.8 Å². The Morgan fingerprint density at radius 3 is 2.34 bits per heavy atom. The van der Waals surface area contributed by atoms with E-state index in [1.165, 1.54) is 0 Å². The van der Waals surface area contributed by atoms with Gasteiger partial charge in [0.2, 0.25) is 0 Å². The molecule has 29 heavy (non-hydrogen) atoms. The quantitative estimate of drug-likeness (QED) is 0.803. The van der Waals surface area contributed by atoms with Crippen molar-refractivity contribution in [3.8, 4) is 11.5 Å². The van der Waals surface area contributed by atoms with Crippen LogP contribution in [0, 0.1) is 5.92 Å². The summed E-state index contributed by atoms with van der Waals surface area (Å²) < 4.78 is 15.9. The molecule has 162 valence electrons. The monoisotopic (exact) mass is 407 g/mol. The van der Waals surface area contributed by atoms with Crippen LogP contribution >= 0.6 is 0 Å². The molecule has 8 heteroatoms. The summed E-state index contributed by atoms with van der Waals surface area (Å²) >= 11 is 0. The summed E-state index contributed by atoms with van der Waals surface area (Å²) in [5, 5.41) is 2.91. The third-order valence-corrected chi connectivity index (χ3v) is 4.65. The standard InChI is InChI=1S/C21H33N3O5/c1-21(2,3)29-20(26)23(4)13-15-8-7-9-24(14-15)19(25)22-16-10-17(27-5)12-18(11-16)28-6/h10-12,15H,7-9,13-14H2,1-6H3,(H,22,25). The summed E-state index contributed by atoms with van der Waals surface area (Å²) in [5.41, 5.74) is 0.0842. The van der Waals surface area contributed by atoms with Crippen LogP contribution in [0.25, 0.3) is 0 Å². The number of methoxy groups -OCH3 is 2. The van der Waals surface area contributed by atoms with Crippen LogP contribution in [0.2, 0.25) is 0 Å². The first-order valence-corrected chi connectivity index (χ1v) is 9.84. The van der Waals surface area contributed by atoms with Gasteiger partial charge in [0, 0.05) is 50.6 Å². The van der Waals surface area contributed by atoms with Crippen LogP contribution in [0.1, 0.15) is 33.6 Å². The van der Waals surface area contributed by atoms with E-state index in [9.17, 15) is 9.59 Å². The molecule has 1 aromatic carbocycles. The predicted molar refractivity (Wildman–Crippen MR) is 112 cm³/mol. The van der Waals surface area contributed by atoms with Gasteiger partial charge in [-0.05, 0) is 39.5 Å². The first-order valence-electron chi connectivity index (χ1n) is 9.84. The summed E-state index contributed by atoms with van der Waals surface area (Å²) in [6.45, 7) is 7.35. The van der Waals surface area contributed by atoms with Crippen molar-refractivity contribution in [2.24, 2.45) is 5.92 Å². The lowest BCUT2D eigenvalue weighted by Gasteiger charge is -2.35. The molecule has 1 aromatic rings.